The van der Waals surface area contributed by atoms with E-state index >= 15 is 0 Å². The number of nitrogens with zero attached hydrogens (tertiary/aromatic N) is 1. The van der Waals surface area contributed by atoms with Crippen molar-refractivity contribution < 1.29 is 9.59 Å². The van der Waals surface area contributed by atoms with Crippen LogP contribution in [0.15, 0.2) is 48.5 Å². The molecule has 1 saturated carbocycles. The Morgan fingerprint density at radius 1 is 1.10 bits per heavy atom. The highest BCUT2D eigenvalue weighted by Gasteiger charge is 2.28. The molecule has 3 rings (SSSR count). The van der Waals surface area contributed by atoms with Crippen molar-refractivity contribution in [1.29, 1.82) is 0 Å². The number of amides is 2. The molecule has 1 fully saturated rings. The van der Waals surface area contributed by atoms with Crippen LogP contribution in [0.3, 0.4) is 0 Å². The molecule has 1 N–H and O–H groups in total. The zero-order valence-electron chi connectivity index (χ0n) is 17.2. The summed E-state index contributed by atoms with van der Waals surface area (Å²) >= 11 is 6.00. The second-order valence-electron chi connectivity index (χ2n) is 7.92. The van der Waals surface area contributed by atoms with Crippen LogP contribution in [0.4, 0.5) is 0 Å². The lowest BCUT2D eigenvalue weighted by Gasteiger charge is -2.30. The third-order valence-electron chi connectivity index (χ3n) is 5.74. The minimum absolute atomic E-state index is 0.0525. The fourth-order valence-electron chi connectivity index (χ4n) is 3.83. The van der Waals surface area contributed by atoms with Crippen molar-refractivity contribution in [2.45, 2.75) is 64.6 Å². The van der Waals surface area contributed by atoms with Gasteiger partial charge in [0.2, 0.25) is 11.8 Å². The summed E-state index contributed by atoms with van der Waals surface area (Å²) < 4.78 is 0. The van der Waals surface area contributed by atoms with E-state index in [9.17, 15) is 9.59 Å². The number of carbonyl (C=O) groups is 2. The topological polar surface area (TPSA) is 49.4 Å². The van der Waals surface area contributed by atoms with Crippen molar-refractivity contribution >= 4 is 23.4 Å². The molecule has 4 nitrogen and oxygen atoms in total. The van der Waals surface area contributed by atoms with Crippen molar-refractivity contribution in [2.75, 3.05) is 0 Å². The summed E-state index contributed by atoms with van der Waals surface area (Å²) in [5.41, 5.74) is 3.02. The number of carbonyl (C=O) groups excluding carboxylic acids is 2. The Bertz CT molecular complexity index is 844. The lowest BCUT2D eigenvalue weighted by atomic mass is 10.0. The van der Waals surface area contributed by atoms with E-state index in [2.05, 4.69) is 5.32 Å². The summed E-state index contributed by atoms with van der Waals surface area (Å²) in [6, 6.07) is 15.0. The Morgan fingerprint density at radius 3 is 2.41 bits per heavy atom. The Kier molecular flexibility index (Phi) is 7.32. The van der Waals surface area contributed by atoms with Crippen LogP contribution in [0.25, 0.3) is 0 Å². The molecule has 0 heterocycles. The fourth-order valence-corrected chi connectivity index (χ4v) is 3.96. The minimum Gasteiger partial charge on any atom is -0.352 e. The van der Waals surface area contributed by atoms with Crippen molar-refractivity contribution in [1.82, 2.24) is 10.2 Å². The van der Waals surface area contributed by atoms with Gasteiger partial charge in [-0.3, -0.25) is 9.59 Å². The van der Waals surface area contributed by atoms with Crippen LogP contribution < -0.4 is 5.32 Å². The standard InChI is InChI=1S/C24H29ClN2O2/c1-17-7-3-4-8-20(17)15-23(28)27(16-19-11-13-21(25)14-12-19)18(2)24(29)26-22-9-5-6-10-22/h3-4,7-8,11-14,18,22H,5-6,9-10,15-16H2,1-2H3,(H,26,29). The van der Waals surface area contributed by atoms with Gasteiger partial charge in [0, 0.05) is 17.6 Å². The molecule has 29 heavy (non-hydrogen) atoms. The first-order valence-electron chi connectivity index (χ1n) is 10.3. The maximum Gasteiger partial charge on any atom is 0.242 e. The van der Waals surface area contributed by atoms with E-state index in [4.69, 9.17) is 11.6 Å². The van der Waals surface area contributed by atoms with E-state index < -0.39 is 6.04 Å². The summed E-state index contributed by atoms with van der Waals surface area (Å²) in [7, 11) is 0. The molecule has 0 spiro atoms. The average Bonchev–Trinajstić information content (AvgIpc) is 3.21. The van der Waals surface area contributed by atoms with Crippen LogP contribution in [0, 0.1) is 6.92 Å². The maximum atomic E-state index is 13.2. The van der Waals surface area contributed by atoms with Gasteiger partial charge in [0.15, 0.2) is 0 Å². The Balaban J connectivity index is 1.77. The number of halogens is 1. The number of benzene rings is 2. The Morgan fingerprint density at radius 2 is 1.76 bits per heavy atom. The highest BCUT2D eigenvalue weighted by molar-refractivity contribution is 6.30. The third kappa shape index (κ3) is 5.83. The quantitative estimate of drug-likeness (QED) is 0.718. The molecular formula is C24H29ClN2O2. The lowest BCUT2D eigenvalue weighted by molar-refractivity contribution is -0.140. The van der Waals surface area contributed by atoms with Gasteiger partial charge in [0.05, 0.1) is 6.42 Å². The molecule has 2 aromatic rings. The predicted molar refractivity (Wildman–Crippen MR) is 117 cm³/mol. The van der Waals surface area contributed by atoms with Gasteiger partial charge in [-0.15, -0.1) is 0 Å². The molecule has 2 aromatic carbocycles. The zero-order valence-corrected chi connectivity index (χ0v) is 17.9. The van der Waals surface area contributed by atoms with E-state index in [1.165, 1.54) is 0 Å². The number of aryl methyl sites for hydroxylation is 1. The molecular weight excluding hydrogens is 384 g/mol. The molecule has 1 atom stereocenters. The van der Waals surface area contributed by atoms with Gasteiger partial charge in [0.25, 0.3) is 0 Å². The number of rotatable bonds is 7. The molecule has 0 aromatic heterocycles. The van der Waals surface area contributed by atoms with E-state index in [0.29, 0.717) is 11.6 Å². The van der Waals surface area contributed by atoms with E-state index in [0.717, 1.165) is 42.4 Å². The van der Waals surface area contributed by atoms with Crippen molar-refractivity contribution in [3.05, 3.63) is 70.2 Å². The SMILES string of the molecule is Cc1ccccc1CC(=O)N(Cc1ccc(Cl)cc1)C(C)C(=O)NC1CCCC1. The third-order valence-corrected chi connectivity index (χ3v) is 5.99. The van der Waals surface area contributed by atoms with E-state index in [-0.39, 0.29) is 24.3 Å². The van der Waals surface area contributed by atoms with Crippen molar-refractivity contribution in [2.24, 2.45) is 0 Å². The molecule has 0 aliphatic heterocycles. The van der Waals surface area contributed by atoms with Crippen LogP contribution in [0.2, 0.25) is 5.02 Å². The number of hydrogen-bond donors (Lipinski definition) is 1. The molecule has 0 radical (unpaired) electrons. The van der Waals surface area contributed by atoms with Crippen LogP contribution in [-0.4, -0.2) is 28.8 Å². The molecule has 154 valence electrons. The van der Waals surface area contributed by atoms with E-state index in [1.54, 1.807) is 4.90 Å². The average molecular weight is 413 g/mol. The first-order valence-corrected chi connectivity index (χ1v) is 10.7. The summed E-state index contributed by atoms with van der Waals surface area (Å²) in [6.45, 7) is 4.19. The van der Waals surface area contributed by atoms with Gasteiger partial charge in [-0.25, -0.2) is 0 Å². The second-order valence-corrected chi connectivity index (χ2v) is 8.35. The number of nitrogens with one attached hydrogen (secondary N) is 1. The first-order chi connectivity index (χ1) is 13.9. The van der Waals surface area contributed by atoms with Gasteiger partial charge >= 0.3 is 0 Å². The molecule has 1 unspecified atom stereocenters. The molecule has 1 aliphatic carbocycles. The molecule has 5 heteroatoms. The zero-order chi connectivity index (χ0) is 20.8. The van der Waals surface area contributed by atoms with Gasteiger partial charge < -0.3 is 10.2 Å². The molecule has 0 bridgehead atoms. The molecule has 1 aliphatic rings. The summed E-state index contributed by atoms with van der Waals surface area (Å²) in [5, 5.41) is 3.78. The summed E-state index contributed by atoms with van der Waals surface area (Å²) in [5.74, 6) is -0.132. The lowest BCUT2D eigenvalue weighted by Crippen LogP contribution is -2.50. The molecule has 0 saturated heterocycles. The van der Waals surface area contributed by atoms with Crippen LogP contribution in [0.5, 0.6) is 0 Å². The van der Waals surface area contributed by atoms with Crippen molar-refractivity contribution in [3.8, 4) is 0 Å². The monoisotopic (exact) mass is 412 g/mol. The minimum atomic E-state index is -0.539. The largest absolute Gasteiger partial charge is 0.352 e. The normalized spacial score (nSPS) is 15.1. The predicted octanol–water partition coefficient (Wildman–Crippen LogP) is 4.67. The maximum absolute atomic E-state index is 13.2. The highest BCUT2D eigenvalue weighted by Crippen LogP contribution is 2.19. The highest BCUT2D eigenvalue weighted by atomic mass is 35.5. The molecule has 2 amide bonds. The van der Waals surface area contributed by atoms with Crippen LogP contribution in [-0.2, 0) is 22.6 Å². The number of hydrogen-bond acceptors (Lipinski definition) is 2. The first kappa shape index (κ1) is 21.4. The smallest absolute Gasteiger partial charge is 0.242 e. The van der Waals surface area contributed by atoms with Crippen LogP contribution >= 0.6 is 11.6 Å². The van der Waals surface area contributed by atoms with Gasteiger partial charge in [-0.05, 0) is 55.5 Å². The summed E-state index contributed by atoms with van der Waals surface area (Å²) in [6.07, 6.45) is 4.63. The fraction of sp³-hybridized carbons (Fsp3) is 0.417. The van der Waals surface area contributed by atoms with E-state index in [1.807, 2.05) is 62.4 Å². The second kappa shape index (κ2) is 9.93. The Hall–Kier alpha value is -2.33. The van der Waals surface area contributed by atoms with Crippen LogP contribution in [0.1, 0.15) is 49.3 Å². The summed E-state index contributed by atoms with van der Waals surface area (Å²) in [4.78, 5) is 27.8. The Labute approximate surface area is 178 Å². The van der Waals surface area contributed by atoms with Gasteiger partial charge in [0.1, 0.15) is 6.04 Å². The van der Waals surface area contributed by atoms with Gasteiger partial charge in [-0.1, -0.05) is 60.8 Å². The van der Waals surface area contributed by atoms with Gasteiger partial charge in [-0.2, -0.15) is 0 Å². The van der Waals surface area contributed by atoms with Crippen molar-refractivity contribution in [3.63, 3.8) is 0 Å².